The fourth-order valence-corrected chi connectivity index (χ4v) is 2.47. The maximum absolute atomic E-state index is 10.2. The third-order valence-corrected chi connectivity index (χ3v) is 3.75. The molecule has 6 nitrogen and oxygen atoms in total. The number of nitrogens with zero attached hydrogens (tertiary/aromatic N) is 5. The molecule has 1 fully saturated rings. The normalized spacial score (nSPS) is 24.3. The minimum absolute atomic E-state index is 0.355. The molecule has 102 valence electrons. The molecule has 1 aliphatic heterocycles. The van der Waals surface area contributed by atoms with Gasteiger partial charge in [0.05, 0.1) is 6.10 Å². The number of aliphatic hydroxyl groups excluding tert-OH is 1. The van der Waals surface area contributed by atoms with Gasteiger partial charge in [-0.05, 0) is 20.5 Å². The zero-order valence-corrected chi connectivity index (χ0v) is 11.5. The highest BCUT2D eigenvalue weighted by Crippen LogP contribution is 2.13. The number of hydrogen-bond acceptors (Lipinski definition) is 5. The minimum atomic E-state index is -0.355. The average Bonchev–Trinajstić information content (AvgIpc) is 2.70. The van der Waals surface area contributed by atoms with Gasteiger partial charge in [-0.1, -0.05) is 0 Å². The summed E-state index contributed by atoms with van der Waals surface area (Å²) in [5.74, 6) is 0.842. The van der Waals surface area contributed by atoms with Crippen molar-refractivity contribution in [3.05, 3.63) is 12.2 Å². The Morgan fingerprint density at radius 2 is 2.17 bits per heavy atom. The molecule has 1 N–H and O–H groups in total. The van der Waals surface area contributed by atoms with Crippen LogP contribution >= 0.6 is 0 Å². The van der Waals surface area contributed by atoms with Crippen LogP contribution in [0.15, 0.2) is 6.33 Å². The maximum Gasteiger partial charge on any atom is 0.138 e. The molecule has 18 heavy (non-hydrogen) atoms. The summed E-state index contributed by atoms with van der Waals surface area (Å²) in [5, 5.41) is 14.2. The van der Waals surface area contributed by atoms with Gasteiger partial charge in [0.1, 0.15) is 12.2 Å². The molecule has 0 aromatic carbocycles. The molecule has 6 heteroatoms. The van der Waals surface area contributed by atoms with E-state index in [4.69, 9.17) is 0 Å². The van der Waals surface area contributed by atoms with Crippen molar-refractivity contribution >= 4 is 0 Å². The zero-order valence-electron chi connectivity index (χ0n) is 11.5. The molecule has 2 rings (SSSR count). The number of aliphatic hydroxyl groups is 1. The van der Waals surface area contributed by atoms with E-state index < -0.39 is 0 Å². The number of hydrogen-bond donors (Lipinski definition) is 1. The van der Waals surface area contributed by atoms with Crippen LogP contribution in [0.3, 0.4) is 0 Å². The Labute approximate surface area is 108 Å². The van der Waals surface area contributed by atoms with Crippen molar-refractivity contribution in [2.24, 2.45) is 7.05 Å². The van der Waals surface area contributed by atoms with Crippen LogP contribution in [0, 0.1) is 0 Å². The van der Waals surface area contributed by atoms with E-state index in [0.29, 0.717) is 12.5 Å². The van der Waals surface area contributed by atoms with Crippen LogP contribution in [-0.4, -0.2) is 75.5 Å². The Bertz CT molecular complexity index is 380. The summed E-state index contributed by atoms with van der Waals surface area (Å²) < 4.78 is 1.72. The summed E-state index contributed by atoms with van der Waals surface area (Å²) in [6, 6.07) is 0.423. The molecule has 2 heterocycles. The fraction of sp³-hybridized carbons (Fsp3) is 0.833. The molecule has 2 atom stereocenters. The highest BCUT2D eigenvalue weighted by Gasteiger charge is 2.25. The molecule has 0 amide bonds. The van der Waals surface area contributed by atoms with E-state index in [0.717, 1.165) is 31.9 Å². The third-order valence-electron chi connectivity index (χ3n) is 3.75. The van der Waals surface area contributed by atoms with Crippen molar-refractivity contribution in [2.75, 3.05) is 33.7 Å². The average molecular weight is 253 g/mol. The highest BCUT2D eigenvalue weighted by molar-refractivity contribution is 4.89. The van der Waals surface area contributed by atoms with E-state index in [1.165, 1.54) is 6.33 Å². The molecule has 0 aliphatic carbocycles. The Morgan fingerprint density at radius 3 is 2.83 bits per heavy atom. The topological polar surface area (TPSA) is 57.4 Å². The SMILES string of the molecule is CN1CCN(C)C(CC(O)Cc2ncnn2C)C1. The van der Waals surface area contributed by atoms with Crippen LogP contribution in [0.2, 0.25) is 0 Å². The molecule has 1 aromatic heterocycles. The summed E-state index contributed by atoms with van der Waals surface area (Å²) >= 11 is 0. The standard InChI is InChI=1S/C12H23N5O/c1-15-4-5-16(2)10(8-15)6-11(18)7-12-13-9-14-17(12)3/h9-11,18H,4-8H2,1-3H3. The highest BCUT2D eigenvalue weighted by atomic mass is 16.3. The molecular formula is C12H23N5O. The van der Waals surface area contributed by atoms with Crippen LogP contribution < -0.4 is 0 Å². The smallest absolute Gasteiger partial charge is 0.138 e. The van der Waals surface area contributed by atoms with Gasteiger partial charge in [-0.25, -0.2) is 4.98 Å². The first-order valence-corrected chi connectivity index (χ1v) is 6.46. The first kappa shape index (κ1) is 13.5. The van der Waals surface area contributed by atoms with Gasteiger partial charge < -0.3 is 14.9 Å². The predicted octanol–water partition coefficient (Wildman–Crippen LogP) is -0.646. The second-order valence-electron chi connectivity index (χ2n) is 5.29. The Kier molecular flexibility index (Phi) is 4.31. The summed E-state index contributed by atoms with van der Waals surface area (Å²) in [6.45, 7) is 3.19. The van der Waals surface area contributed by atoms with Crippen LogP contribution in [0.4, 0.5) is 0 Å². The summed E-state index contributed by atoms with van der Waals surface area (Å²) in [4.78, 5) is 8.80. The van der Waals surface area contributed by atoms with Crippen molar-refractivity contribution < 1.29 is 5.11 Å². The van der Waals surface area contributed by atoms with Crippen molar-refractivity contribution in [1.29, 1.82) is 0 Å². The summed E-state index contributed by atoms with van der Waals surface area (Å²) in [7, 11) is 6.12. The molecule has 0 spiro atoms. The van der Waals surface area contributed by atoms with Crippen molar-refractivity contribution in [1.82, 2.24) is 24.6 Å². The Hall–Kier alpha value is -0.980. The molecule has 1 aliphatic rings. The first-order chi connectivity index (χ1) is 8.56. The van der Waals surface area contributed by atoms with Crippen LogP contribution in [0.1, 0.15) is 12.2 Å². The second kappa shape index (κ2) is 5.77. The largest absolute Gasteiger partial charge is 0.393 e. The van der Waals surface area contributed by atoms with E-state index >= 15 is 0 Å². The number of aryl methyl sites for hydroxylation is 1. The molecule has 0 radical (unpaired) electrons. The van der Waals surface area contributed by atoms with E-state index in [9.17, 15) is 5.11 Å². The van der Waals surface area contributed by atoms with Gasteiger partial charge in [-0.15, -0.1) is 0 Å². The Morgan fingerprint density at radius 1 is 1.39 bits per heavy atom. The molecule has 1 aromatic rings. The lowest BCUT2D eigenvalue weighted by atomic mass is 10.0. The molecular weight excluding hydrogens is 230 g/mol. The predicted molar refractivity (Wildman–Crippen MR) is 69.2 cm³/mol. The van der Waals surface area contributed by atoms with Gasteiger partial charge in [0.25, 0.3) is 0 Å². The van der Waals surface area contributed by atoms with E-state index in [2.05, 4.69) is 34.0 Å². The number of rotatable bonds is 4. The second-order valence-corrected chi connectivity index (χ2v) is 5.29. The first-order valence-electron chi connectivity index (χ1n) is 6.46. The fourth-order valence-electron chi connectivity index (χ4n) is 2.47. The van der Waals surface area contributed by atoms with Gasteiger partial charge in [0.15, 0.2) is 0 Å². The lowest BCUT2D eigenvalue weighted by Crippen LogP contribution is -2.51. The van der Waals surface area contributed by atoms with Crippen LogP contribution in [0.25, 0.3) is 0 Å². The molecule has 2 unspecified atom stereocenters. The van der Waals surface area contributed by atoms with E-state index in [1.807, 2.05) is 7.05 Å². The number of aromatic nitrogens is 3. The summed E-state index contributed by atoms with van der Waals surface area (Å²) in [5.41, 5.74) is 0. The van der Waals surface area contributed by atoms with Gasteiger partial charge in [-0.3, -0.25) is 4.68 Å². The van der Waals surface area contributed by atoms with Gasteiger partial charge >= 0.3 is 0 Å². The van der Waals surface area contributed by atoms with E-state index in [1.54, 1.807) is 4.68 Å². The number of likely N-dealkylation sites (N-methyl/N-ethyl adjacent to an activating group) is 2. The van der Waals surface area contributed by atoms with Crippen molar-refractivity contribution in [2.45, 2.75) is 25.0 Å². The van der Waals surface area contributed by atoms with Gasteiger partial charge in [0.2, 0.25) is 0 Å². The Balaban J connectivity index is 1.86. The maximum atomic E-state index is 10.2. The van der Waals surface area contributed by atoms with Crippen LogP contribution in [-0.2, 0) is 13.5 Å². The minimum Gasteiger partial charge on any atom is -0.393 e. The van der Waals surface area contributed by atoms with Gasteiger partial charge in [0, 0.05) is 39.1 Å². The quantitative estimate of drug-likeness (QED) is 0.773. The van der Waals surface area contributed by atoms with Crippen molar-refractivity contribution in [3.8, 4) is 0 Å². The van der Waals surface area contributed by atoms with Crippen molar-refractivity contribution in [3.63, 3.8) is 0 Å². The van der Waals surface area contributed by atoms with E-state index in [-0.39, 0.29) is 6.10 Å². The third kappa shape index (κ3) is 3.28. The van der Waals surface area contributed by atoms with Crippen LogP contribution in [0.5, 0.6) is 0 Å². The zero-order chi connectivity index (χ0) is 13.1. The lowest BCUT2D eigenvalue weighted by molar-refractivity contribution is 0.0628. The molecule has 0 bridgehead atoms. The molecule has 0 saturated carbocycles. The number of piperazine rings is 1. The lowest BCUT2D eigenvalue weighted by Gasteiger charge is -2.38. The molecule has 1 saturated heterocycles. The monoisotopic (exact) mass is 253 g/mol. The summed E-state index contributed by atoms with van der Waals surface area (Å²) in [6.07, 6.45) is 2.53. The van der Waals surface area contributed by atoms with Gasteiger partial charge in [-0.2, -0.15) is 5.10 Å².